The van der Waals surface area contributed by atoms with Gasteiger partial charge in [0.25, 0.3) is 5.91 Å². The van der Waals surface area contributed by atoms with Gasteiger partial charge in [-0.3, -0.25) is 4.79 Å². The molecule has 0 unspecified atom stereocenters. The van der Waals surface area contributed by atoms with Gasteiger partial charge < -0.3 is 16.4 Å². The van der Waals surface area contributed by atoms with E-state index in [-0.39, 0.29) is 5.57 Å². The minimum absolute atomic E-state index is 0.0788. The topological polar surface area (TPSA) is 90.9 Å². The van der Waals surface area contributed by atoms with E-state index in [1.165, 1.54) is 12.3 Å². The van der Waals surface area contributed by atoms with Gasteiger partial charge in [-0.25, -0.2) is 0 Å². The highest BCUT2D eigenvalue weighted by Crippen LogP contribution is 2.24. The standard InChI is InChI=1S/C17H14Cl2N4O/c18-13-3-1-2-11(6-13)9-22-10-12(8-20)17(24)23-16-5-4-14(21)7-15(16)19/h1-7,10,22H,9,21H2,(H,23,24)/b12-10-. The number of anilines is 2. The van der Waals surface area contributed by atoms with Gasteiger partial charge in [0.2, 0.25) is 0 Å². The van der Waals surface area contributed by atoms with Crippen molar-refractivity contribution in [1.82, 2.24) is 5.32 Å². The first-order valence-corrected chi connectivity index (χ1v) is 7.69. The third kappa shape index (κ3) is 4.92. The summed E-state index contributed by atoms with van der Waals surface area (Å²) in [6.07, 6.45) is 1.35. The van der Waals surface area contributed by atoms with Crippen LogP contribution >= 0.6 is 23.2 Å². The number of amides is 1. The van der Waals surface area contributed by atoms with E-state index in [1.54, 1.807) is 24.3 Å². The lowest BCUT2D eigenvalue weighted by Gasteiger charge is -2.08. The van der Waals surface area contributed by atoms with Crippen LogP contribution in [0.1, 0.15) is 5.56 Å². The lowest BCUT2D eigenvalue weighted by atomic mass is 10.2. The Labute approximate surface area is 149 Å². The van der Waals surface area contributed by atoms with Gasteiger partial charge in [-0.2, -0.15) is 5.26 Å². The summed E-state index contributed by atoms with van der Waals surface area (Å²) in [7, 11) is 0. The Balaban J connectivity index is 2.01. The van der Waals surface area contributed by atoms with Crippen molar-refractivity contribution in [2.24, 2.45) is 0 Å². The summed E-state index contributed by atoms with van der Waals surface area (Å²) in [6.45, 7) is 0.432. The highest BCUT2D eigenvalue weighted by atomic mass is 35.5. The van der Waals surface area contributed by atoms with E-state index in [2.05, 4.69) is 10.6 Å². The van der Waals surface area contributed by atoms with E-state index in [9.17, 15) is 4.79 Å². The minimum Gasteiger partial charge on any atom is -0.399 e. The second kappa shape index (κ2) is 8.25. The highest BCUT2D eigenvalue weighted by molar-refractivity contribution is 6.34. The van der Waals surface area contributed by atoms with Crippen molar-refractivity contribution >= 4 is 40.5 Å². The van der Waals surface area contributed by atoms with Gasteiger partial charge in [0.1, 0.15) is 11.6 Å². The molecule has 1 amide bonds. The monoisotopic (exact) mass is 360 g/mol. The van der Waals surface area contributed by atoms with Crippen molar-refractivity contribution in [2.45, 2.75) is 6.54 Å². The third-order valence-corrected chi connectivity index (χ3v) is 3.60. The molecule has 0 aliphatic carbocycles. The molecule has 2 rings (SSSR count). The van der Waals surface area contributed by atoms with Gasteiger partial charge >= 0.3 is 0 Å². The molecule has 24 heavy (non-hydrogen) atoms. The Morgan fingerprint density at radius 2 is 2.04 bits per heavy atom. The van der Waals surface area contributed by atoms with Gasteiger partial charge in [0.15, 0.2) is 0 Å². The van der Waals surface area contributed by atoms with Crippen LogP contribution < -0.4 is 16.4 Å². The zero-order valence-corrected chi connectivity index (χ0v) is 14.0. The predicted molar refractivity (Wildman–Crippen MR) is 96.5 cm³/mol. The quantitative estimate of drug-likeness (QED) is 0.430. The first-order chi connectivity index (χ1) is 11.5. The summed E-state index contributed by atoms with van der Waals surface area (Å²) in [5.41, 5.74) is 7.31. The SMILES string of the molecule is N#C/C(=C/NCc1cccc(Cl)c1)C(=O)Nc1ccc(N)cc1Cl. The molecule has 0 radical (unpaired) electrons. The number of hydrogen-bond donors (Lipinski definition) is 3. The molecule has 0 spiro atoms. The van der Waals surface area contributed by atoms with E-state index in [0.29, 0.717) is 28.0 Å². The fraction of sp³-hybridized carbons (Fsp3) is 0.0588. The highest BCUT2D eigenvalue weighted by Gasteiger charge is 2.11. The third-order valence-electron chi connectivity index (χ3n) is 3.05. The van der Waals surface area contributed by atoms with Crippen LogP contribution in [0.4, 0.5) is 11.4 Å². The zero-order valence-electron chi connectivity index (χ0n) is 12.5. The molecule has 0 saturated heterocycles. The molecule has 0 heterocycles. The first kappa shape index (κ1) is 17.7. The first-order valence-electron chi connectivity index (χ1n) is 6.94. The summed E-state index contributed by atoms with van der Waals surface area (Å²) in [4.78, 5) is 12.1. The Bertz CT molecular complexity index is 828. The number of nitrogens with zero attached hydrogens (tertiary/aromatic N) is 1. The molecule has 4 N–H and O–H groups in total. The van der Waals surface area contributed by atoms with Crippen molar-refractivity contribution in [3.63, 3.8) is 0 Å². The summed E-state index contributed by atoms with van der Waals surface area (Å²) in [5, 5.41) is 15.5. The van der Waals surface area contributed by atoms with Crippen molar-refractivity contribution < 1.29 is 4.79 Å². The minimum atomic E-state index is -0.567. The Morgan fingerprint density at radius 1 is 1.25 bits per heavy atom. The maximum absolute atomic E-state index is 12.1. The predicted octanol–water partition coefficient (Wildman–Crippen LogP) is 3.71. The van der Waals surface area contributed by atoms with E-state index >= 15 is 0 Å². The number of rotatable bonds is 5. The molecule has 0 aromatic heterocycles. The maximum Gasteiger partial charge on any atom is 0.267 e. The van der Waals surface area contributed by atoms with E-state index in [4.69, 9.17) is 34.2 Å². The Hall–Kier alpha value is -2.68. The molecule has 122 valence electrons. The average molecular weight is 361 g/mol. The van der Waals surface area contributed by atoms with E-state index in [0.717, 1.165) is 5.56 Å². The lowest BCUT2D eigenvalue weighted by Crippen LogP contribution is -2.17. The molecular weight excluding hydrogens is 347 g/mol. The van der Waals surface area contributed by atoms with Crippen LogP contribution in [-0.2, 0) is 11.3 Å². The lowest BCUT2D eigenvalue weighted by molar-refractivity contribution is -0.112. The number of nitriles is 1. The molecule has 0 aliphatic rings. The van der Waals surface area contributed by atoms with Crippen LogP contribution in [0.2, 0.25) is 10.0 Å². The van der Waals surface area contributed by atoms with Crippen molar-refractivity contribution in [3.05, 3.63) is 69.8 Å². The molecule has 0 atom stereocenters. The number of nitrogens with two attached hydrogens (primary N) is 1. The second-order valence-electron chi connectivity index (χ2n) is 4.87. The van der Waals surface area contributed by atoms with Crippen LogP contribution in [0.25, 0.3) is 0 Å². The number of halogens is 2. The number of benzene rings is 2. The molecule has 0 fully saturated rings. The van der Waals surface area contributed by atoms with Crippen LogP contribution in [-0.4, -0.2) is 5.91 Å². The molecule has 0 bridgehead atoms. The molecule has 0 aliphatic heterocycles. The van der Waals surface area contributed by atoms with Crippen LogP contribution in [0.5, 0.6) is 0 Å². The number of carbonyl (C=O) groups excluding carboxylic acids is 1. The molecule has 0 saturated carbocycles. The number of carbonyl (C=O) groups is 1. The van der Waals surface area contributed by atoms with Crippen molar-refractivity contribution in [2.75, 3.05) is 11.1 Å². The van der Waals surface area contributed by atoms with Gasteiger partial charge in [0, 0.05) is 23.5 Å². The van der Waals surface area contributed by atoms with E-state index in [1.807, 2.05) is 18.2 Å². The number of nitrogens with one attached hydrogen (secondary N) is 2. The molecule has 2 aromatic rings. The van der Waals surface area contributed by atoms with Crippen molar-refractivity contribution in [3.8, 4) is 6.07 Å². The van der Waals surface area contributed by atoms with Gasteiger partial charge in [-0.15, -0.1) is 0 Å². The molecular formula is C17H14Cl2N4O. The maximum atomic E-state index is 12.1. The summed E-state index contributed by atoms with van der Waals surface area (Å²) in [6, 6.07) is 13.8. The summed E-state index contributed by atoms with van der Waals surface area (Å²) >= 11 is 11.9. The van der Waals surface area contributed by atoms with Crippen molar-refractivity contribution in [1.29, 1.82) is 5.26 Å². The Morgan fingerprint density at radius 3 is 2.71 bits per heavy atom. The van der Waals surface area contributed by atoms with Crippen LogP contribution in [0, 0.1) is 11.3 Å². The average Bonchev–Trinajstić information content (AvgIpc) is 2.54. The van der Waals surface area contributed by atoms with Gasteiger partial charge in [-0.05, 0) is 35.9 Å². The van der Waals surface area contributed by atoms with Crippen LogP contribution in [0.15, 0.2) is 54.2 Å². The van der Waals surface area contributed by atoms with E-state index < -0.39 is 5.91 Å². The van der Waals surface area contributed by atoms with Crippen LogP contribution in [0.3, 0.4) is 0 Å². The molecule has 7 heteroatoms. The smallest absolute Gasteiger partial charge is 0.267 e. The normalized spacial score (nSPS) is 10.8. The fourth-order valence-corrected chi connectivity index (χ4v) is 2.34. The number of hydrogen-bond acceptors (Lipinski definition) is 4. The van der Waals surface area contributed by atoms with Gasteiger partial charge in [0.05, 0.1) is 10.7 Å². The summed E-state index contributed by atoms with van der Waals surface area (Å²) in [5.74, 6) is -0.567. The molecule has 2 aromatic carbocycles. The molecule has 5 nitrogen and oxygen atoms in total. The Kier molecular flexibility index (Phi) is 6.07. The zero-order chi connectivity index (χ0) is 17.5. The number of nitrogen functional groups attached to an aromatic ring is 1. The largest absolute Gasteiger partial charge is 0.399 e. The summed E-state index contributed by atoms with van der Waals surface area (Å²) < 4.78 is 0. The fourth-order valence-electron chi connectivity index (χ4n) is 1.89. The second-order valence-corrected chi connectivity index (χ2v) is 5.72. The van der Waals surface area contributed by atoms with Gasteiger partial charge in [-0.1, -0.05) is 35.3 Å².